The van der Waals surface area contributed by atoms with Crippen LogP contribution in [0.25, 0.3) is 17.0 Å². The van der Waals surface area contributed by atoms with E-state index in [0.29, 0.717) is 15.8 Å². The lowest BCUT2D eigenvalue weighted by Crippen LogP contribution is -2.39. The van der Waals surface area contributed by atoms with Crippen LogP contribution in [-0.4, -0.2) is 44.6 Å². The summed E-state index contributed by atoms with van der Waals surface area (Å²) in [5.41, 5.74) is 1.08. The molecule has 3 aromatic rings. The zero-order valence-electron chi connectivity index (χ0n) is 16.4. The van der Waals surface area contributed by atoms with Gasteiger partial charge in [0.15, 0.2) is 0 Å². The second-order valence-electron chi connectivity index (χ2n) is 6.79. The SMILES string of the molecule is O=C(Cn1cnc2ccccc2c1=O)NCCN1C(=O)S/C(=C\c2ccccc2)C1=O. The first-order valence-electron chi connectivity index (χ1n) is 9.54. The number of hydrogen-bond donors (Lipinski definition) is 1. The van der Waals surface area contributed by atoms with E-state index in [1.165, 1.54) is 10.9 Å². The lowest BCUT2D eigenvalue weighted by molar-refractivity contribution is -0.124. The molecule has 1 N–H and O–H groups in total. The molecule has 0 aliphatic carbocycles. The summed E-state index contributed by atoms with van der Waals surface area (Å²) in [7, 11) is 0. The molecular weight excluding hydrogens is 416 g/mol. The van der Waals surface area contributed by atoms with Crippen LogP contribution in [0.1, 0.15) is 5.56 Å². The van der Waals surface area contributed by atoms with Gasteiger partial charge >= 0.3 is 0 Å². The number of imide groups is 1. The fourth-order valence-electron chi connectivity index (χ4n) is 3.13. The van der Waals surface area contributed by atoms with Crippen LogP contribution >= 0.6 is 11.8 Å². The van der Waals surface area contributed by atoms with Crippen molar-refractivity contribution in [3.63, 3.8) is 0 Å². The highest BCUT2D eigenvalue weighted by molar-refractivity contribution is 8.18. The lowest BCUT2D eigenvalue weighted by atomic mass is 10.2. The third kappa shape index (κ3) is 4.56. The summed E-state index contributed by atoms with van der Waals surface area (Å²) in [6, 6.07) is 16.2. The van der Waals surface area contributed by atoms with Crippen LogP contribution in [0.15, 0.2) is 70.6 Å². The Bertz CT molecular complexity index is 1250. The number of aromatic nitrogens is 2. The molecule has 2 aromatic carbocycles. The predicted octanol–water partition coefficient (Wildman–Crippen LogP) is 2.25. The van der Waals surface area contributed by atoms with Crippen molar-refractivity contribution in [2.45, 2.75) is 6.54 Å². The van der Waals surface area contributed by atoms with E-state index in [9.17, 15) is 19.2 Å². The Balaban J connectivity index is 1.34. The maximum atomic E-state index is 12.5. The van der Waals surface area contributed by atoms with Gasteiger partial charge < -0.3 is 5.32 Å². The molecule has 0 spiro atoms. The maximum absolute atomic E-state index is 12.5. The van der Waals surface area contributed by atoms with Gasteiger partial charge in [-0.25, -0.2) is 4.98 Å². The number of nitrogens with one attached hydrogen (secondary N) is 1. The number of carbonyl (C=O) groups excluding carboxylic acids is 3. The molecule has 31 heavy (non-hydrogen) atoms. The first-order valence-corrected chi connectivity index (χ1v) is 10.4. The topological polar surface area (TPSA) is 101 Å². The van der Waals surface area contributed by atoms with E-state index in [-0.39, 0.29) is 36.3 Å². The van der Waals surface area contributed by atoms with E-state index in [1.807, 2.05) is 30.3 Å². The minimum Gasteiger partial charge on any atom is -0.353 e. The molecule has 1 saturated heterocycles. The van der Waals surface area contributed by atoms with Crippen molar-refractivity contribution in [2.24, 2.45) is 0 Å². The Kier molecular flexibility index (Phi) is 5.94. The summed E-state index contributed by atoms with van der Waals surface area (Å²) >= 11 is 0.873. The Hall–Kier alpha value is -3.72. The number of fused-ring (bicyclic) bond motifs is 1. The summed E-state index contributed by atoms with van der Waals surface area (Å²) in [5.74, 6) is -0.797. The number of hydrogen-bond acceptors (Lipinski definition) is 6. The van der Waals surface area contributed by atoms with Crippen molar-refractivity contribution in [3.05, 3.63) is 81.7 Å². The number of thioether (sulfide) groups is 1. The lowest BCUT2D eigenvalue weighted by Gasteiger charge is -2.13. The third-order valence-corrected chi connectivity index (χ3v) is 5.58. The maximum Gasteiger partial charge on any atom is 0.293 e. The van der Waals surface area contributed by atoms with Crippen molar-refractivity contribution < 1.29 is 14.4 Å². The Morgan fingerprint density at radius 2 is 1.77 bits per heavy atom. The van der Waals surface area contributed by atoms with Gasteiger partial charge in [0.25, 0.3) is 16.7 Å². The summed E-state index contributed by atoms with van der Waals surface area (Å²) < 4.78 is 1.22. The summed E-state index contributed by atoms with van der Waals surface area (Å²) in [4.78, 5) is 55.0. The van der Waals surface area contributed by atoms with Crippen molar-refractivity contribution in [1.29, 1.82) is 0 Å². The minimum atomic E-state index is -0.411. The van der Waals surface area contributed by atoms with Gasteiger partial charge in [-0.1, -0.05) is 42.5 Å². The van der Waals surface area contributed by atoms with E-state index < -0.39 is 5.91 Å². The van der Waals surface area contributed by atoms with Crippen molar-refractivity contribution in [2.75, 3.05) is 13.1 Å². The molecule has 1 aliphatic rings. The third-order valence-electron chi connectivity index (χ3n) is 4.67. The molecule has 0 radical (unpaired) electrons. The van der Waals surface area contributed by atoms with Crippen LogP contribution in [0, 0.1) is 0 Å². The quantitative estimate of drug-likeness (QED) is 0.597. The molecule has 1 aliphatic heterocycles. The molecule has 0 saturated carbocycles. The highest BCUT2D eigenvalue weighted by atomic mass is 32.2. The normalized spacial score (nSPS) is 15.1. The van der Waals surface area contributed by atoms with Gasteiger partial charge in [0.2, 0.25) is 5.91 Å². The smallest absolute Gasteiger partial charge is 0.293 e. The molecule has 156 valence electrons. The number of para-hydroxylation sites is 1. The minimum absolute atomic E-state index is 0.0490. The van der Waals surface area contributed by atoms with Gasteiger partial charge in [-0.15, -0.1) is 0 Å². The largest absolute Gasteiger partial charge is 0.353 e. The molecule has 3 amide bonds. The summed E-state index contributed by atoms with van der Waals surface area (Å²) in [6.07, 6.45) is 3.00. The Morgan fingerprint density at radius 3 is 2.58 bits per heavy atom. The molecular formula is C22H18N4O4S. The van der Waals surface area contributed by atoms with Crippen molar-refractivity contribution in [3.8, 4) is 0 Å². The Labute approximate surface area is 181 Å². The highest BCUT2D eigenvalue weighted by Gasteiger charge is 2.34. The molecule has 0 unspecified atom stereocenters. The van der Waals surface area contributed by atoms with E-state index >= 15 is 0 Å². The fraction of sp³-hybridized carbons (Fsp3) is 0.136. The number of carbonyl (C=O) groups is 3. The fourth-order valence-corrected chi connectivity index (χ4v) is 3.99. The van der Waals surface area contributed by atoms with Crippen LogP contribution in [0.5, 0.6) is 0 Å². The summed E-state index contributed by atoms with van der Waals surface area (Å²) in [5, 5.41) is 2.69. The predicted molar refractivity (Wildman–Crippen MR) is 118 cm³/mol. The van der Waals surface area contributed by atoms with E-state index in [0.717, 1.165) is 22.2 Å². The van der Waals surface area contributed by atoms with E-state index in [4.69, 9.17) is 0 Å². The molecule has 2 heterocycles. The number of amides is 3. The van der Waals surface area contributed by atoms with E-state index in [1.54, 1.807) is 30.3 Å². The molecule has 9 heteroatoms. The number of benzene rings is 2. The number of rotatable bonds is 6. The van der Waals surface area contributed by atoms with Crippen LogP contribution in [0.4, 0.5) is 4.79 Å². The molecule has 4 rings (SSSR count). The van der Waals surface area contributed by atoms with Gasteiger partial charge in [-0.3, -0.25) is 28.6 Å². The zero-order chi connectivity index (χ0) is 21.8. The van der Waals surface area contributed by atoms with Gasteiger partial charge in [-0.05, 0) is 35.5 Å². The van der Waals surface area contributed by atoms with Crippen LogP contribution in [0.2, 0.25) is 0 Å². The molecule has 8 nitrogen and oxygen atoms in total. The first-order chi connectivity index (χ1) is 15.0. The first kappa shape index (κ1) is 20.5. The molecule has 0 bridgehead atoms. The van der Waals surface area contributed by atoms with Gasteiger partial charge in [-0.2, -0.15) is 0 Å². The second-order valence-corrected chi connectivity index (χ2v) is 7.78. The van der Waals surface area contributed by atoms with Crippen LogP contribution < -0.4 is 10.9 Å². The van der Waals surface area contributed by atoms with Crippen molar-refractivity contribution in [1.82, 2.24) is 19.8 Å². The second kappa shape index (κ2) is 8.97. The van der Waals surface area contributed by atoms with Crippen molar-refractivity contribution >= 4 is 45.8 Å². The van der Waals surface area contributed by atoms with Crippen LogP contribution in [-0.2, 0) is 16.1 Å². The van der Waals surface area contributed by atoms with Gasteiger partial charge in [0.05, 0.1) is 22.1 Å². The zero-order valence-corrected chi connectivity index (χ0v) is 17.2. The standard InChI is InChI=1S/C22H18N4O4S/c27-19(13-25-14-24-17-9-5-4-8-16(17)20(25)28)23-10-11-26-21(29)18(31-22(26)30)12-15-6-2-1-3-7-15/h1-9,12,14H,10-11,13H2,(H,23,27)/b18-12-. The monoisotopic (exact) mass is 434 g/mol. The molecule has 0 atom stereocenters. The average molecular weight is 434 g/mol. The number of nitrogens with zero attached hydrogens (tertiary/aromatic N) is 3. The average Bonchev–Trinajstić information content (AvgIpc) is 3.04. The van der Waals surface area contributed by atoms with Crippen LogP contribution in [0.3, 0.4) is 0 Å². The summed E-state index contributed by atoms with van der Waals surface area (Å²) in [6.45, 7) is -0.0644. The Morgan fingerprint density at radius 1 is 1.03 bits per heavy atom. The van der Waals surface area contributed by atoms with E-state index in [2.05, 4.69) is 10.3 Å². The molecule has 1 fully saturated rings. The molecule has 1 aromatic heterocycles. The highest BCUT2D eigenvalue weighted by Crippen LogP contribution is 2.31. The van der Waals surface area contributed by atoms with Gasteiger partial charge in [0, 0.05) is 13.1 Å². The van der Waals surface area contributed by atoms with Gasteiger partial charge in [0.1, 0.15) is 6.54 Å².